The molecule has 2 N–H and O–H groups in total. The molecule has 0 saturated heterocycles. The molecule has 1 unspecified atom stereocenters. The Balaban J connectivity index is 2.78. The molecule has 0 aliphatic heterocycles. The molecule has 0 saturated carbocycles. The van der Waals surface area contributed by atoms with Crippen LogP contribution >= 0.6 is 0 Å². The summed E-state index contributed by atoms with van der Waals surface area (Å²) in [7, 11) is 6.03. The maximum absolute atomic E-state index is 9.79. The van der Waals surface area contributed by atoms with Crippen LogP contribution in [0, 0.1) is 0 Å². The molecule has 1 atom stereocenters. The maximum atomic E-state index is 9.79. The Morgan fingerprint density at radius 1 is 1.06 bits per heavy atom. The first-order valence-electron chi connectivity index (χ1n) is 5.79. The third-order valence-corrected chi connectivity index (χ3v) is 3.04. The predicted molar refractivity (Wildman–Crippen MR) is 69.4 cm³/mol. The van der Waals surface area contributed by atoms with Crippen LogP contribution in [0.15, 0.2) is 18.2 Å². The van der Waals surface area contributed by atoms with Crippen molar-refractivity contribution < 1.29 is 10.2 Å². The first-order chi connectivity index (χ1) is 7.93. The molecule has 0 amide bonds. The molecule has 0 aliphatic rings. The van der Waals surface area contributed by atoms with E-state index >= 15 is 0 Å². The van der Waals surface area contributed by atoms with Gasteiger partial charge in [-0.3, -0.25) is 4.90 Å². The molecule has 0 aliphatic carbocycles. The SMILES string of the molecule is CC(c1c(O)cccc1O)N(C)CCN(C)C. The van der Waals surface area contributed by atoms with Crippen LogP contribution in [0.25, 0.3) is 0 Å². The summed E-state index contributed by atoms with van der Waals surface area (Å²) in [5.74, 6) is 0.295. The van der Waals surface area contributed by atoms with Gasteiger partial charge in [0, 0.05) is 19.1 Å². The number of hydrogen-bond donors (Lipinski definition) is 2. The maximum Gasteiger partial charge on any atom is 0.124 e. The van der Waals surface area contributed by atoms with Gasteiger partial charge in [0.1, 0.15) is 11.5 Å². The number of benzene rings is 1. The quantitative estimate of drug-likeness (QED) is 0.819. The Bertz CT molecular complexity index is 346. The van der Waals surface area contributed by atoms with E-state index in [0.29, 0.717) is 5.56 Å². The second kappa shape index (κ2) is 5.89. The van der Waals surface area contributed by atoms with Gasteiger partial charge in [-0.2, -0.15) is 0 Å². The molecule has 17 heavy (non-hydrogen) atoms. The van der Waals surface area contributed by atoms with Gasteiger partial charge in [0.05, 0.1) is 5.56 Å². The third kappa shape index (κ3) is 3.61. The molecule has 0 radical (unpaired) electrons. The molecule has 0 spiro atoms. The molecule has 4 heteroatoms. The van der Waals surface area contributed by atoms with Gasteiger partial charge >= 0.3 is 0 Å². The van der Waals surface area contributed by atoms with E-state index in [2.05, 4.69) is 9.80 Å². The highest BCUT2D eigenvalue weighted by molar-refractivity contribution is 5.44. The molecule has 96 valence electrons. The monoisotopic (exact) mass is 238 g/mol. The number of phenols is 2. The molecular formula is C13H22N2O2. The normalized spacial score (nSPS) is 13.3. The van der Waals surface area contributed by atoms with Gasteiger partial charge in [-0.05, 0) is 40.2 Å². The Morgan fingerprint density at radius 2 is 1.59 bits per heavy atom. The predicted octanol–water partition coefficient (Wildman–Crippen LogP) is 1.65. The van der Waals surface area contributed by atoms with Crippen LogP contribution in [0.4, 0.5) is 0 Å². The highest BCUT2D eigenvalue weighted by atomic mass is 16.3. The fourth-order valence-corrected chi connectivity index (χ4v) is 1.74. The van der Waals surface area contributed by atoms with Crippen LogP contribution in [-0.2, 0) is 0 Å². The van der Waals surface area contributed by atoms with Crippen LogP contribution in [0.5, 0.6) is 11.5 Å². The second-order valence-corrected chi connectivity index (χ2v) is 4.67. The lowest BCUT2D eigenvalue weighted by Gasteiger charge is -2.27. The van der Waals surface area contributed by atoms with E-state index in [0.717, 1.165) is 13.1 Å². The number of rotatable bonds is 5. The smallest absolute Gasteiger partial charge is 0.124 e. The minimum Gasteiger partial charge on any atom is -0.507 e. The number of likely N-dealkylation sites (N-methyl/N-ethyl adjacent to an activating group) is 2. The van der Waals surface area contributed by atoms with Crippen molar-refractivity contribution in [3.63, 3.8) is 0 Å². The summed E-state index contributed by atoms with van der Waals surface area (Å²) in [6.07, 6.45) is 0. The van der Waals surface area contributed by atoms with Gasteiger partial charge < -0.3 is 15.1 Å². The largest absolute Gasteiger partial charge is 0.507 e. The minimum atomic E-state index is -0.0175. The zero-order valence-electron chi connectivity index (χ0n) is 11.0. The summed E-state index contributed by atoms with van der Waals surface area (Å²) in [4.78, 5) is 4.21. The van der Waals surface area contributed by atoms with Gasteiger partial charge in [0.15, 0.2) is 0 Å². The van der Waals surface area contributed by atoms with Crippen LogP contribution < -0.4 is 0 Å². The molecule has 0 fully saturated rings. The highest BCUT2D eigenvalue weighted by Gasteiger charge is 2.18. The second-order valence-electron chi connectivity index (χ2n) is 4.67. The number of aromatic hydroxyl groups is 2. The van der Waals surface area contributed by atoms with Crippen molar-refractivity contribution in [1.29, 1.82) is 0 Å². The van der Waals surface area contributed by atoms with Crippen LogP contribution in [-0.4, -0.2) is 54.2 Å². The summed E-state index contributed by atoms with van der Waals surface area (Å²) in [5, 5.41) is 19.6. The first-order valence-corrected chi connectivity index (χ1v) is 5.79. The van der Waals surface area contributed by atoms with Crippen molar-refractivity contribution in [1.82, 2.24) is 9.80 Å². The zero-order valence-corrected chi connectivity index (χ0v) is 11.0. The van der Waals surface area contributed by atoms with E-state index in [9.17, 15) is 10.2 Å². The number of phenolic OH excluding ortho intramolecular Hbond substituents is 2. The summed E-state index contributed by atoms with van der Waals surface area (Å²) < 4.78 is 0. The molecular weight excluding hydrogens is 216 g/mol. The Labute approximate surface area is 103 Å². The zero-order chi connectivity index (χ0) is 13.0. The van der Waals surface area contributed by atoms with Crippen LogP contribution in [0.2, 0.25) is 0 Å². The summed E-state index contributed by atoms with van der Waals surface area (Å²) in [6, 6.07) is 4.83. The molecule has 1 aromatic rings. The summed E-state index contributed by atoms with van der Waals surface area (Å²) in [6.45, 7) is 3.79. The lowest BCUT2D eigenvalue weighted by Crippen LogP contribution is -2.30. The molecule has 4 nitrogen and oxygen atoms in total. The Morgan fingerprint density at radius 3 is 2.06 bits per heavy atom. The topological polar surface area (TPSA) is 46.9 Å². The van der Waals surface area contributed by atoms with E-state index in [4.69, 9.17) is 0 Å². The fourth-order valence-electron chi connectivity index (χ4n) is 1.74. The molecule has 1 rings (SSSR count). The van der Waals surface area contributed by atoms with Crippen molar-refractivity contribution in [3.05, 3.63) is 23.8 Å². The molecule has 0 heterocycles. The van der Waals surface area contributed by atoms with Gasteiger partial charge in [-0.25, -0.2) is 0 Å². The first kappa shape index (κ1) is 13.8. The minimum absolute atomic E-state index is 0.0175. The van der Waals surface area contributed by atoms with Crippen molar-refractivity contribution in [3.8, 4) is 11.5 Å². The Hall–Kier alpha value is -1.26. The summed E-state index contributed by atoms with van der Waals surface area (Å²) in [5.41, 5.74) is 0.591. The average molecular weight is 238 g/mol. The van der Waals surface area contributed by atoms with Gasteiger partial charge in [0.2, 0.25) is 0 Å². The van der Waals surface area contributed by atoms with Crippen LogP contribution in [0.3, 0.4) is 0 Å². The standard InChI is InChI=1S/C13H22N2O2/c1-10(15(4)9-8-14(2)3)13-11(16)6-5-7-12(13)17/h5-7,10,16-17H,8-9H2,1-4H3. The van der Waals surface area contributed by atoms with Crippen molar-refractivity contribution in [2.75, 3.05) is 34.2 Å². The fraction of sp³-hybridized carbons (Fsp3) is 0.538. The van der Waals surface area contributed by atoms with Gasteiger partial charge in [0.25, 0.3) is 0 Å². The van der Waals surface area contributed by atoms with Crippen molar-refractivity contribution >= 4 is 0 Å². The van der Waals surface area contributed by atoms with E-state index in [-0.39, 0.29) is 17.5 Å². The van der Waals surface area contributed by atoms with Crippen molar-refractivity contribution in [2.24, 2.45) is 0 Å². The van der Waals surface area contributed by atoms with Gasteiger partial charge in [-0.1, -0.05) is 6.07 Å². The average Bonchev–Trinajstić information content (AvgIpc) is 2.25. The number of hydrogen-bond acceptors (Lipinski definition) is 4. The summed E-state index contributed by atoms with van der Waals surface area (Å²) >= 11 is 0. The van der Waals surface area contributed by atoms with Crippen LogP contribution in [0.1, 0.15) is 18.5 Å². The van der Waals surface area contributed by atoms with E-state index in [1.807, 2.05) is 28.1 Å². The number of nitrogens with zero attached hydrogens (tertiary/aromatic N) is 2. The lowest BCUT2D eigenvalue weighted by atomic mass is 10.0. The Kier molecular flexibility index (Phi) is 4.78. The highest BCUT2D eigenvalue weighted by Crippen LogP contribution is 2.34. The van der Waals surface area contributed by atoms with E-state index in [1.54, 1.807) is 18.2 Å². The van der Waals surface area contributed by atoms with E-state index < -0.39 is 0 Å². The molecule has 0 aromatic heterocycles. The van der Waals surface area contributed by atoms with Gasteiger partial charge in [-0.15, -0.1) is 0 Å². The lowest BCUT2D eigenvalue weighted by molar-refractivity contribution is 0.224. The molecule has 0 bridgehead atoms. The van der Waals surface area contributed by atoms with Crippen molar-refractivity contribution in [2.45, 2.75) is 13.0 Å². The molecule has 1 aromatic carbocycles. The third-order valence-electron chi connectivity index (χ3n) is 3.04. The van der Waals surface area contributed by atoms with E-state index in [1.165, 1.54) is 0 Å².